The Morgan fingerprint density at radius 1 is 1.10 bits per heavy atom. The van der Waals surface area contributed by atoms with Crippen LogP contribution >= 0.6 is 0 Å². The number of carboxylic acid groups (broad SMARTS) is 2. The SMILES string of the molecule is CCN(CC)C(=O)CCNC(=O)N[C@@H](CC(=O)O)C(=O)O. The number of nitrogens with zero attached hydrogens (tertiary/aromatic N) is 1. The summed E-state index contributed by atoms with van der Waals surface area (Å²) < 4.78 is 0. The van der Waals surface area contributed by atoms with Gasteiger partial charge in [-0.25, -0.2) is 9.59 Å². The van der Waals surface area contributed by atoms with Crippen molar-refractivity contribution < 1.29 is 29.4 Å². The summed E-state index contributed by atoms with van der Waals surface area (Å²) in [5, 5.41) is 21.6. The molecule has 0 unspecified atom stereocenters. The molecular weight excluding hydrogens is 282 g/mol. The fraction of sp³-hybridized carbons (Fsp3) is 0.667. The Kier molecular flexibility index (Phi) is 8.51. The number of nitrogens with one attached hydrogen (secondary N) is 2. The molecule has 0 saturated heterocycles. The molecular formula is C12H21N3O6. The van der Waals surface area contributed by atoms with Crippen LogP contribution in [0.1, 0.15) is 26.7 Å². The van der Waals surface area contributed by atoms with Gasteiger partial charge in [-0.2, -0.15) is 0 Å². The van der Waals surface area contributed by atoms with Crippen molar-refractivity contribution in [1.82, 2.24) is 15.5 Å². The first kappa shape index (κ1) is 18.7. The molecule has 0 aliphatic rings. The van der Waals surface area contributed by atoms with Crippen molar-refractivity contribution in [2.75, 3.05) is 19.6 Å². The maximum absolute atomic E-state index is 11.6. The molecule has 4 N–H and O–H groups in total. The van der Waals surface area contributed by atoms with Gasteiger partial charge >= 0.3 is 18.0 Å². The molecule has 0 heterocycles. The quantitative estimate of drug-likeness (QED) is 0.452. The molecule has 0 aliphatic heterocycles. The highest BCUT2D eigenvalue weighted by Crippen LogP contribution is 1.94. The van der Waals surface area contributed by atoms with E-state index in [-0.39, 0.29) is 18.9 Å². The summed E-state index contributed by atoms with van der Waals surface area (Å²) in [5.41, 5.74) is 0. The van der Waals surface area contributed by atoms with Gasteiger partial charge in [0.15, 0.2) is 0 Å². The number of hydrogen-bond acceptors (Lipinski definition) is 4. The first-order chi connectivity index (χ1) is 9.81. The van der Waals surface area contributed by atoms with Crippen LogP contribution in [-0.2, 0) is 14.4 Å². The molecule has 21 heavy (non-hydrogen) atoms. The van der Waals surface area contributed by atoms with Crippen LogP contribution in [0, 0.1) is 0 Å². The van der Waals surface area contributed by atoms with Crippen LogP contribution in [0.5, 0.6) is 0 Å². The predicted octanol–water partition coefficient (Wildman–Crippen LogP) is -0.528. The molecule has 0 spiro atoms. The van der Waals surface area contributed by atoms with Crippen LogP contribution in [0.3, 0.4) is 0 Å². The number of rotatable bonds is 9. The molecule has 0 aromatic carbocycles. The zero-order valence-corrected chi connectivity index (χ0v) is 12.1. The van der Waals surface area contributed by atoms with Crippen LogP contribution in [0.25, 0.3) is 0 Å². The molecule has 120 valence electrons. The van der Waals surface area contributed by atoms with Gasteiger partial charge in [0, 0.05) is 26.1 Å². The maximum Gasteiger partial charge on any atom is 0.326 e. The fourth-order valence-corrected chi connectivity index (χ4v) is 1.60. The number of carbonyl (C=O) groups excluding carboxylic acids is 2. The largest absolute Gasteiger partial charge is 0.481 e. The minimum Gasteiger partial charge on any atom is -0.481 e. The monoisotopic (exact) mass is 303 g/mol. The third-order valence-electron chi connectivity index (χ3n) is 2.72. The summed E-state index contributed by atoms with van der Waals surface area (Å²) in [5.74, 6) is -2.90. The average Bonchev–Trinajstić information content (AvgIpc) is 2.38. The Labute approximate surface area is 122 Å². The Hall–Kier alpha value is -2.32. The first-order valence-corrected chi connectivity index (χ1v) is 6.58. The smallest absolute Gasteiger partial charge is 0.326 e. The van der Waals surface area contributed by atoms with Gasteiger partial charge in [0.1, 0.15) is 6.04 Å². The zero-order valence-electron chi connectivity index (χ0n) is 12.1. The van der Waals surface area contributed by atoms with Gasteiger partial charge in [-0.05, 0) is 13.8 Å². The number of hydrogen-bond donors (Lipinski definition) is 4. The molecule has 0 aliphatic carbocycles. The van der Waals surface area contributed by atoms with Crippen molar-refractivity contribution in [2.45, 2.75) is 32.7 Å². The van der Waals surface area contributed by atoms with Gasteiger partial charge in [-0.15, -0.1) is 0 Å². The minimum atomic E-state index is -1.51. The van der Waals surface area contributed by atoms with E-state index < -0.39 is 30.4 Å². The number of aliphatic carboxylic acids is 2. The van der Waals surface area contributed by atoms with Crippen molar-refractivity contribution in [3.8, 4) is 0 Å². The second-order valence-electron chi connectivity index (χ2n) is 4.20. The first-order valence-electron chi connectivity index (χ1n) is 6.58. The summed E-state index contributed by atoms with van der Waals surface area (Å²) in [4.78, 5) is 45.9. The normalized spacial score (nSPS) is 11.3. The summed E-state index contributed by atoms with van der Waals surface area (Å²) in [6.45, 7) is 4.86. The van der Waals surface area contributed by atoms with Crippen LogP contribution in [0.2, 0.25) is 0 Å². The third kappa shape index (κ3) is 7.75. The Morgan fingerprint density at radius 3 is 2.10 bits per heavy atom. The molecule has 3 amide bonds. The molecule has 0 rings (SSSR count). The van der Waals surface area contributed by atoms with Crippen molar-refractivity contribution >= 4 is 23.9 Å². The van der Waals surface area contributed by atoms with E-state index in [1.54, 1.807) is 4.90 Å². The molecule has 0 bridgehead atoms. The van der Waals surface area contributed by atoms with Gasteiger partial charge in [-0.3, -0.25) is 9.59 Å². The Morgan fingerprint density at radius 2 is 1.67 bits per heavy atom. The fourth-order valence-electron chi connectivity index (χ4n) is 1.60. The van der Waals surface area contributed by atoms with Crippen molar-refractivity contribution in [3.05, 3.63) is 0 Å². The van der Waals surface area contributed by atoms with E-state index in [9.17, 15) is 19.2 Å². The molecule has 0 radical (unpaired) electrons. The lowest BCUT2D eigenvalue weighted by Crippen LogP contribution is -2.47. The second-order valence-corrected chi connectivity index (χ2v) is 4.20. The Balaban J connectivity index is 4.17. The lowest BCUT2D eigenvalue weighted by Gasteiger charge is -2.19. The molecule has 0 saturated carbocycles. The van der Waals surface area contributed by atoms with Crippen molar-refractivity contribution in [3.63, 3.8) is 0 Å². The van der Waals surface area contributed by atoms with E-state index in [1.165, 1.54) is 0 Å². The highest BCUT2D eigenvalue weighted by molar-refractivity contribution is 5.86. The number of amides is 3. The van der Waals surface area contributed by atoms with Gasteiger partial charge in [0.05, 0.1) is 6.42 Å². The minimum absolute atomic E-state index is 0.0422. The van der Waals surface area contributed by atoms with Gasteiger partial charge in [0.25, 0.3) is 0 Å². The maximum atomic E-state index is 11.6. The van der Waals surface area contributed by atoms with E-state index in [0.717, 1.165) is 0 Å². The standard InChI is InChI=1S/C12H21N3O6/c1-3-15(4-2)9(16)5-6-13-12(21)14-8(11(19)20)7-10(17)18/h8H,3-7H2,1-2H3,(H,17,18)(H,19,20)(H2,13,14,21)/t8-/m0/s1. The number of carboxylic acids is 2. The van der Waals surface area contributed by atoms with E-state index >= 15 is 0 Å². The highest BCUT2D eigenvalue weighted by Gasteiger charge is 2.22. The van der Waals surface area contributed by atoms with Crippen LogP contribution in [-0.4, -0.2) is 64.7 Å². The van der Waals surface area contributed by atoms with Crippen molar-refractivity contribution in [2.24, 2.45) is 0 Å². The topological polar surface area (TPSA) is 136 Å². The Bertz CT molecular complexity index is 394. The van der Waals surface area contributed by atoms with Crippen LogP contribution < -0.4 is 10.6 Å². The second kappa shape index (κ2) is 9.56. The summed E-state index contributed by atoms with van der Waals surface area (Å²) in [6, 6.07) is -2.34. The van der Waals surface area contributed by atoms with Gasteiger partial charge < -0.3 is 25.7 Å². The van der Waals surface area contributed by atoms with Crippen LogP contribution in [0.4, 0.5) is 4.79 Å². The predicted molar refractivity (Wildman–Crippen MR) is 72.8 cm³/mol. The van der Waals surface area contributed by atoms with E-state index in [0.29, 0.717) is 13.1 Å². The zero-order chi connectivity index (χ0) is 16.4. The van der Waals surface area contributed by atoms with E-state index in [1.807, 2.05) is 19.2 Å². The molecule has 9 heteroatoms. The van der Waals surface area contributed by atoms with Gasteiger partial charge in [0.2, 0.25) is 5.91 Å². The van der Waals surface area contributed by atoms with Gasteiger partial charge in [-0.1, -0.05) is 0 Å². The lowest BCUT2D eigenvalue weighted by atomic mass is 10.2. The molecule has 0 fully saturated rings. The molecule has 1 atom stereocenters. The summed E-state index contributed by atoms with van der Waals surface area (Å²) in [6.07, 6.45) is -0.632. The van der Waals surface area contributed by atoms with Crippen LogP contribution in [0.15, 0.2) is 0 Å². The van der Waals surface area contributed by atoms with E-state index in [4.69, 9.17) is 10.2 Å². The third-order valence-corrected chi connectivity index (χ3v) is 2.72. The summed E-state index contributed by atoms with van der Waals surface area (Å²) in [7, 11) is 0. The number of urea groups is 1. The molecule has 9 nitrogen and oxygen atoms in total. The number of carbonyl (C=O) groups is 4. The average molecular weight is 303 g/mol. The molecule has 0 aromatic heterocycles. The highest BCUT2D eigenvalue weighted by atomic mass is 16.4. The lowest BCUT2D eigenvalue weighted by molar-refractivity contribution is -0.145. The van der Waals surface area contributed by atoms with E-state index in [2.05, 4.69) is 5.32 Å². The molecule has 0 aromatic rings. The van der Waals surface area contributed by atoms with Crippen molar-refractivity contribution in [1.29, 1.82) is 0 Å². The summed E-state index contributed by atoms with van der Waals surface area (Å²) >= 11 is 0.